The summed E-state index contributed by atoms with van der Waals surface area (Å²) in [5, 5.41) is 0. The van der Waals surface area contributed by atoms with Gasteiger partial charge in [-0.2, -0.15) is 0 Å². The normalized spacial score (nSPS) is 0. The van der Waals surface area contributed by atoms with E-state index in [1.807, 2.05) is 0 Å². The second-order valence-electron chi connectivity index (χ2n) is 0. The van der Waals surface area contributed by atoms with Crippen molar-refractivity contribution in [3.05, 3.63) is 0 Å². The first-order valence-corrected chi connectivity index (χ1v) is 0. The Morgan fingerprint density at radius 2 is 1.00 bits per heavy atom. The maximum Gasteiger partial charge on any atom is 0 e. The van der Waals surface area contributed by atoms with E-state index in [4.69, 9.17) is 0 Å². The van der Waals surface area contributed by atoms with Gasteiger partial charge in [0.05, 0.1) is 8.41 Å². The van der Waals surface area contributed by atoms with Crippen LogP contribution in [0.3, 0.4) is 0 Å². The summed E-state index contributed by atoms with van der Waals surface area (Å²) >= 11 is 0. The van der Waals surface area contributed by atoms with Crippen LogP contribution in [0, 0.1) is 35.6 Å². The first-order valence-electron chi connectivity index (χ1n) is 0. The van der Waals surface area contributed by atoms with E-state index in [-0.39, 0.29) is 104 Å². The Hall–Kier alpha value is 3.05. The van der Waals surface area contributed by atoms with E-state index in [9.17, 15) is 0 Å². The molecule has 1 radical (unpaired) electrons. The van der Waals surface area contributed by atoms with E-state index in [0.29, 0.717) is 0 Å². The van der Waals surface area contributed by atoms with Crippen molar-refractivity contribution in [3.8, 4) is 0 Å². The van der Waals surface area contributed by atoms with Crippen molar-refractivity contribution in [3.63, 3.8) is 0 Å². The quantitative estimate of drug-likeness (QED) is 0.405. The second-order valence-corrected chi connectivity index (χ2v) is 0. The van der Waals surface area contributed by atoms with Crippen molar-refractivity contribution in [2.75, 3.05) is 0 Å². The molecule has 0 N–H and O–H groups in total. The minimum Gasteiger partial charge on any atom is -0.0149 e. The van der Waals surface area contributed by atoms with Crippen LogP contribution >= 0.6 is 0 Å². The Balaban J connectivity index is 0. The molecule has 4 heavy (non-hydrogen) atoms. The minimum atomic E-state index is 0. The van der Waals surface area contributed by atoms with E-state index in [2.05, 4.69) is 0 Å². The van der Waals surface area contributed by atoms with Crippen molar-refractivity contribution in [1.82, 2.24) is 0 Å². The van der Waals surface area contributed by atoms with Gasteiger partial charge in [0.25, 0.3) is 0 Å². The number of hydrogen-bond acceptors (Lipinski definition) is 0. The summed E-state index contributed by atoms with van der Waals surface area (Å²) in [5.41, 5.74) is 0. The molecule has 4 heteroatoms. The Labute approximate surface area is 101 Å². The molecule has 0 aromatic heterocycles. The molecule has 0 heterocycles. The molecule has 0 amide bonds. The third-order valence-electron chi connectivity index (χ3n) is 0. The summed E-state index contributed by atoms with van der Waals surface area (Å²) in [6.45, 7) is 0. The smallest absolute Gasteiger partial charge is 0 e. The van der Waals surface area contributed by atoms with Crippen molar-refractivity contribution < 1.29 is 35.6 Å². The summed E-state index contributed by atoms with van der Waals surface area (Å²) in [6.07, 6.45) is 0. The van der Waals surface area contributed by atoms with Gasteiger partial charge < -0.3 is 0 Å². The zero-order valence-corrected chi connectivity index (χ0v) is 4.20. The molecule has 0 saturated heterocycles. The molecular weight excluding hydrogens is 315 g/mol. The first kappa shape index (κ1) is 27.7. The summed E-state index contributed by atoms with van der Waals surface area (Å²) in [7, 11) is 0. The third kappa shape index (κ3) is 8.90. The summed E-state index contributed by atoms with van der Waals surface area (Å²) in [4.78, 5) is 0. The van der Waals surface area contributed by atoms with E-state index >= 15 is 0 Å². The molecule has 0 spiro atoms. The summed E-state index contributed by atoms with van der Waals surface area (Å²) < 4.78 is 0. The predicted molar refractivity (Wildman–Crippen MR) is 29.8 cm³/mol. The molecule has 0 saturated carbocycles. The SMILES string of the molecule is B.[BaH2].[La].[SiH4]. The third-order valence-corrected chi connectivity index (χ3v) is 0. The Kier molecular flexibility index (Phi) is 115. The fourth-order valence-electron chi connectivity index (χ4n) is 0. The standard InChI is InChI=1S/BH3.Ba.La.H4Si.2H/h1H3;;;1H4;;. The molecule has 0 aromatic rings. The van der Waals surface area contributed by atoms with Crippen LogP contribution in [0.25, 0.3) is 0 Å². The van der Waals surface area contributed by atoms with E-state index in [1.54, 1.807) is 0 Å². The van der Waals surface area contributed by atoms with Crippen molar-refractivity contribution in [2.45, 2.75) is 0 Å². The van der Waals surface area contributed by atoms with Gasteiger partial charge in [0.2, 0.25) is 0 Å². The van der Waals surface area contributed by atoms with Crippen LogP contribution in [0.1, 0.15) is 0 Å². The van der Waals surface area contributed by atoms with Crippen LogP contribution in [0.5, 0.6) is 0 Å². The molecule has 0 unspecified atom stereocenters. The second kappa shape index (κ2) is 16.6. The van der Waals surface area contributed by atoms with Crippen LogP contribution in [0.2, 0.25) is 0 Å². The maximum absolute atomic E-state index is 0. The Morgan fingerprint density at radius 1 is 1.00 bits per heavy atom. The number of rotatable bonds is 0. The van der Waals surface area contributed by atoms with E-state index in [0.717, 1.165) is 0 Å². The van der Waals surface area contributed by atoms with Crippen LogP contribution in [0.4, 0.5) is 0 Å². The molecular formula is H9BBaLaSi. The maximum atomic E-state index is 0. The predicted octanol–water partition coefficient (Wildman–Crippen LogP) is -3.55. The molecule has 0 rings (SSSR count). The molecule has 0 aliphatic heterocycles. The van der Waals surface area contributed by atoms with Gasteiger partial charge in [-0.3, -0.25) is 0 Å². The largest absolute Gasteiger partial charge is 0.0149 e. The van der Waals surface area contributed by atoms with Gasteiger partial charge in [-0.05, 0) is 11.0 Å². The van der Waals surface area contributed by atoms with Gasteiger partial charge in [-0.15, -0.1) is 0 Å². The molecule has 0 aliphatic rings. The van der Waals surface area contributed by atoms with Gasteiger partial charge in [0, 0.05) is 35.6 Å². The molecule has 0 atom stereocenters. The topological polar surface area (TPSA) is 0 Å². The Bertz CT molecular complexity index is 8.00. The summed E-state index contributed by atoms with van der Waals surface area (Å²) in [5.74, 6) is 0. The van der Waals surface area contributed by atoms with Crippen molar-refractivity contribution in [1.29, 1.82) is 0 Å². The molecule has 0 aliphatic carbocycles. The minimum absolute atomic E-state index is 0. The Morgan fingerprint density at radius 3 is 1.00 bits per heavy atom. The average molecular weight is 324 g/mol. The fourth-order valence-corrected chi connectivity index (χ4v) is 0. The van der Waals surface area contributed by atoms with Crippen LogP contribution < -0.4 is 0 Å². The summed E-state index contributed by atoms with van der Waals surface area (Å²) in [6, 6.07) is 0. The molecule has 0 fully saturated rings. The first-order chi connectivity index (χ1) is 0. The number of hydrogen-bond donors (Lipinski definition) is 0. The molecule has 0 bridgehead atoms. The average Bonchev–Trinajstić information content (AvgIpc) is 0. The van der Waals surface area contributed by atoms with Gasteiger partial charge >= 0.3 is 48.9 Å². The van der Waals surface area contributed by atoms with Crippen LogP contribution in [-0.4, -0.2) is 68.3 Å². The van der Waals surface area contributed by atoms with Crippen LogP contribution in [-0.2, 0) is 0 Å². The molecule has 0 aromatic carbocycles. The monoisotopic (exact) mass is 325 g/mol. The van der Waals surface area contributed by atoms with Gasteiger partial charge in [0.1, 0.15) is 0 Å². The zero-order valence-electron chi connectivity index (χ0n) is 0.577. The molecule has 0 nitrogen and oxygen atoms in total. The van der Waals surface area contributed by atoms with Gasteiger partial charge in [0.15, 0.2) is 0 Å². The fraction of sp³-hybridized carbons (Fsp3) is 0. The van der Waals surface area contributed by atoms with E-state index in [1.165, 1.54) is 0 Å². The van der Waals surface area contributed by atoms with E-state index < -0.39 is 0 Å². The molecule has 21 valence electrons. The van der Waals surface area contributed by atoms with Gasteiger partial charge in [-0.25, -0.2) is 0 Å². The van der Waals surface area contributed by atoms with Crippen molar-refractivity contribution in [2.24, 2.45) is 0 Å². The zero-order chi connectivity index (χ0) is 0. The van der Waals surface area contributed by atoms with Gasteiger partial charge in [-0.1, -0.05) is 0 Å². The van der Waals surface area contributed by atoms with Crippen molar-refractivity contribution >= 4 is 68.3 Å². The van der Waals surface area contributed by atoms with Crippen LogP contribution in [0.15, 0.2) is 0 Å².